The summed E-state index contributed by atoms with van der Waals surface area (Å²) in [6, 6.07) is 0. The molecule has 0 aliphatic carbocycles. The summed E-state index contributed by atoms with van der Waals surface area (Å²) >= 11 is 0. The van der Waals surface area contributed by atoms with Gasteiger partial charge in [0.15, 0.2) is 0 Å². The van der Waals surface area contributed by atoms with Crippen molar-refractivity contribution in [2.75, 3.05) is 6.54 Å². The number of nitrogens with one attached hydrogen (secondary N) is 1. The zero-order valence-corrected chi connectivity index (χ0v) is 6.30. The molecule has 2 atom stereocenters. The molecule has 1 rings (SSSR count). The van der Waals surface area contributed by atoms with Crippen molar-refractivity contribution in [1.82, 2.24) is 5.32 Å². The molecule has 0 spiro atoms. The van der Waals surface area contributed by atoms with Crippen LogP contribution in [0.3, 0.4) is 0 Å². The van der Waals surface area contributed by atoms with Crippen molar-refractivity contribution < 1.29 is 10.2 Å². The van der Waals surface area contributed by atoms with Crippen molar-refractivity contribution in [3.05, 3.63) is 0 Å². The predicted molar refractivity (Wildman–Crippen MR) is 38.5 cm³/mol. The summed E-state index contributed by atoms with van der Waals surface area (Å²) in [6.45, 7) is 2.42. The summed E-state index contributed by atoms with van der Waals surface area (Å²) in [5, 5.41) is 21.6. The highest BCUT2D eigenvalue weighted by Gasteiger charge is 2.33. The number of aliphatic hydroxyl groups is 2. The highest BCUT2D eigenvalue weighted by atomic mass is 16.4. The molecular weight excluding hydrogens is 130 g/mol. The zero-order chi connectivity index (χ0) is 7.61. The first-order valence-electron chi connectivity index (χ1n) is 3.80. The van der Waals surface area contributed by atoms with Crippen LogP contribution in [-0.2, 0) is 0 Å². The Kier molecular flexibility index (Phi) is 2.28. The lowest BCUT2D eigenvalue weighted by Gasteiger charge is -2.35. The SMILES string of the molecule is CC(O)C1(O)CCCCN1. The average molecular weight is 145 g/mol. The molecule has 0 aromatic carbocycles. The van der Waals surface area contributed by atoms with E-state index in [9.17, 15) is 5.11 Å². The summed E-state index contributed by atoms with van der Waals surface area (Å²) in [5.74, 6) is 0. The van der Waals surface area contributed by atoms with Crippen molar-refractivity contribution >= 4 is 0 Å². The standard InChI is InChI=1S/C7H15NO2/c1-6(9)7(10)4-2-3-5-8-7/h6,8-10H,2-5H2,1H3. The number of rotatable bonds is 1. The molecule has 60 valence electrons. The monoisotopic (exact) mass is 145 g/mol. The zero-order valence-electron chi connectivity index (χ0n) is 6.30. The third kappa shape index (κ3) is 1.48. The van der Waals surface area contributed by atoms with E-state index in [4.69, 9.17) is 5.11 Å². The Labute approximate surface area is 61.1 Å². The highest BCUT2D eigenvalue weighted by Crippen LogP contribution is 2.19. The molecule has 0 aromatic rings. The van der Waals surface area contributed by atoms with E-state index >= 15 is 0 Å². The third-order valence-corrected chi connectivity index (χ3v) is 2.11. The van der Waals surface area contributed by atoms with Crippen molar-refractivity contribution in [3.63, 3.8) is 0 Å². The van der Waals surface area contributed by atoms with E-state index in [-0.39, 0.29) is 0 Å². The molecule has 3 heteroatoms. The fraction of sp³-hybridized carbons (Fsp3) is 1.00. The van der Waals surface area contributed by atoms with Gasteiger partial charge in [-0.15, -0.1) is 0 Å². The van der Waals surface area contributed by atoms with Gasteiger partial charge in [0.05, 0.1) is 6.10 Å². The molecule has 1 fully saturated rings. The molecule has 1 aliphatic rings. The Morgan fingerprint density at radius 3 is 2.50 bits per heavy atom. The lowest BCUT2D eigenvalue weighted by molar-refractivity contribution is -0.106. The van der Waals surface area contributed by atoms with Crippen LogP contribution >= 0.6 is 0 Å². The van der Waals surface area contributed by atoms with Crippen LogP contribution in [0.25, 0.3) is 0 Å². The van der Waals surface area contributed by atoms with Crippen molar-refractivity contribution in [2.24, 2.45) is 0 Å². The summed E-state index contributed by atoms with van der Waals surface area (Å²) in [4.78, 5) is 0. The summed E-state index contributed by atoms with van der Waals surface area (Å²) in [7, 11) is 0. The van der Waals surface area contributed by atoms with E-state index in [1.165, 1.54) is 0 Å². The van der Waals surface area contributed by atoms with Crippen LogP contribution in [0.2, 0.25) is 0 Å². The second-order valence-electron chi connectivity index (χ2n) is 2.98. The molecule has 1 aliphatic heterocycles. The van der Waals surface area contributed by atoms with Crippen LogP contribution in [0.4, 0.5) is 0 Å². The Morgan fingerprint density at radius 1 is 1.50 bits per heavy atom. The van der Waals surface area contributed by atoms with Gasteiger partial charge in [0, 0.05) is 0 Å². The van der Waals surface area contributed by atoms with Crippen LogP contribution in [0.1, 0.15) is 26.2 Å². The smallest absolute Gasteiger partial charge is 0.141 e. The molecule has 0 radical (unpaired) electrons. The molecule has 0 aromatic heterocycles. The largest absolute Gasteiger partial charge is 0.389 e. The van der Waals surface area contributed by atoms with Gasteiger partial charge in [-0.1, -0.05) is 0 Å². The second kappa shape index (κ2) is 2.86. The molecular formula is C7H15NO2. The maximum atomic E-state index is 9.59. The molecule has 0 amide bonds. The summed E-state index contributed by atoms with van der Waals surface area (Å²) in [6.07, 6.45) is 2.07. The number of aliphatic hydroxyl groups excluding tert-OH is 1. The topological polar surface area (TPSA) is 52.5 Å². The van der Waals surface area contributed by atoms with Crippen LogP contribution in [0, 0.1) is 0 Å². The molecule has 1 heterocycles. The number of hydrogen-bond acceptors (Lipinski definition) is 3. The minimum absolute atomic E-state index is 0.657. The lowest BCUT2D eigenvalue weighted by Crippen LogP contribution is -2.55. The van der Waals surface area contributed by atoms with E-state index in [1.807, 2.05) is 0 Å². The highest BCUT2D eigenvalue weighted by molar-refractivity contribution is 4.84. The number of hydrogen-bond donors (Lipinski definition) is 3. The first kappa shape index (κ1) is 7.98. The van der Waals surface area contributed by atoms with Gasteiger partial charge in [0.25, 0.3) is 0 Å². The second-order valence-corrected chi connectivity index (χ2v) is 2.98. The Hall–Kier alpha value is -0.120. The normalized spacial score (nSPS) is 37.5. The molecule has 2 unspecified atom stereocenters. The Balaban J connectivity index is 2.48. The van der Waals surface area contributed by atoms with Crippen molar-refractivity contribution in [3.8, 4) is 0 Å². The van der Waals surface area contributed by atoms with Crippen molar-refractivity contribution in [1.29, 1.82) is 0 Å². The maximum Gasteiger partial charge on any atom is 0.141 e. The fourth-order valence-electron chi connectivity index (χ4n) is 1.27. The molecule has 10 heavy (non-hydrogen) atoms. The molecule has 3 N–H and O–H groups in total. The fourth-order valence-corrected chi connectivity index (χ4v) is 1.27. The van der Waals surface area contributed by atoms with E-state index in [0.717, 1.165) is 19.4 Å². The maximum absolute atomic E-state index is 9.59. The van der Waals surface area contributed by atoms with Crippen LogP contribution in [0.5, 0.6) is 0 Å². The van der Waals surface area contributed by atoms with Crippen molar-refractivity contribution in [2.45, 2.75) is 38.0 Å². The first-order valence-corrected chi connectivity index (χ1v) is 3.80. The molecule has 0 bridgehead atoms. The molecule has 0 saturated carbocycles. The van der Waals surface area contributed by atoms with E-state index in [0.29, 0.717) is 6.42 Å². The molecule has 1 saturated heterocycles. The van der Waals surface area contributed by atoms with E-state index in [1.54, 1.807) is 6.92 Å². The van der Waals surface area contributed by atoms with Gasteiger partial charge in [-0.3, -0.25) is 5.32 Å². The lowest BCUT2D eigenvalue weighted by atomic mass is 9.97. The van der Waals surface area contributed by atoms with Gasteiger partial charge in [0.2, 0.25) is 0 Å². The van der Waals surface area contributed by atoms with Gasteiger partial charge in [-0.2, -0.15) is 0 Å². The predicted octanol–water partition coefficient (Wildman–Crippen LogP) is -0.171. The minimum Gasteiger partial charge on any atom is -0.389 e. The van der Waals surface area contributed by atoms with Gasteiger partial charge < -0.3 is 10.2 Å². The van der Waals surface area contributed by atoms with Crippen LogP contribution in [0.15, 0.2) is 0 Å². The molecule has 3 nitrogen and oxygen atoms in total. The summed E-state index contributed by atoms with van der Waals surface area (Å²) in [5.41, 5.74) is -1.02. The quantitative estimate of drug-likeness (QED) is 0.480. The summed E-state index contributed by atoms with van der Waals surface area (Å²) < 4.78 is 0. The van der Waals surface area contributed by atoms with Crippen LogP contribution in [-0.4, -0.2) is 28.6 Å². The third-order valence-electron chi connectivity index (χ3n) is 2.11. The van der Waals surface area contributed by atoms with E-state index in [2.05, 4.69) is 5.32 Å². The van der Waals surface area contributed by atoms with E-state index < -0.39 is 11.8 Å². The average Bonchev–Trinajstić information content (AvgIpc) is 1.89. The van der Waals surface area contributed by atoms with Gasteiger partial charge >= 0.3 is 0 Å². The first-order chi connectivity index (χ1) is 4.65. The Morgan fingerprint density at radius 2 is 2.20 bits per heavy atom. The van der Waals surface area contributed by atoms with Crippen LogP contribution < -0.4 is 5.32 Å². The minimum atomic E-state index is -1.02. The van der Waals surface area contributed by atoms with Gasteiger partial charge in [-0.25, -0.2) is 0 Å². The Bertz CT molecular complexity index is 108. The van der Waals surface area contributed by atoms with Gasteiger partial charge in [0.1, 0.15) is 5.72 Å². The van der Waals surface area contributed by atoms with Gasteiger partial charge in [-0.05, 0) is 32.7 Å². The number of piperidine rings is 1.